The molecule has 0 unspecified atom stereocenters. The van der Waals surface area contributed by atoms with Crippen molar-refractivity contribution in [3.05, 3.63) is 91.7 Å². The van der Waals surface area contributed by atoms with Crippen LogP contribution in [0.2, 0.25) is 0 Å². The number of aromatic nitrogens is 1. The summed E-state index contributed by atoms with van der Waals surface area (Å²) < 4.78 is 0.947. The molecule has 0 aliphatic heterocycles. The summed E-state index contributed by atoms with van der Waals surface area (Å²) in [7, 11) is 0. The van der Waals surface area contributed by atoms with Crippen molar-refractivity contribution in [1.82, 2.24) is 10.4 Å². The van der Waals surface area contributed by atoms with Gasteiger partial charge in [0.1, 0.15) is 10.6 Å². The molecule has 12 heteroatoms. The third-order valence-electron chi connectivity index (χ3n) is 4.57. The van der Waals surface area contributed by atoms with Crippen molar-refractivity contribution in [2.24, 2.45) is 10.8 Å². The van der Waals surface area contributed by atoms with E-state index in [1.54, 1.807) is 30.6 Å². The molecule has 2 amide bonds. The van der Waals surface area contributed by atoms with E-state index in [1.807, 2.05) is 24.3 Å². The number of benzene rings is 1. The SMILES string of the molecule is CC(=NNC(=O)c1ccc(C(=O)O)s1)c1csc(-c2ccc(Br)cc2)c1O.NC(=O)c1cccnc1. The lowest BCUT2D eigenvalue weighted by Crippen LogP contribution is -2.18. The molecule has 0 atom stereocenters. The van der Waals surface area contributed by atoms with Gasteiger partial charge < -0.3 is 15.9 Å². The molecule has 0 aliphatic carbocycles. The molecule has 0 saturated heterocycles. The zero-order valence-corrected chi connectivity index (χ0v) is 21.9. The third kappa shape index (κ3) is 6.84. The zero-order valence-electron chi connectivity index (χ0n) is 18.6. The Bertz CT molecular complexity index is 1420. The average molecular weight is 587 g/mol. The lowest BCUT2D eigenvalue weighted by Gasteiger charge is -2.03. The van der Waals surface area contributed by atoms with Crippen LogP contribution >= 0.6 is 38.6 Å². The number of pyridine rings is 1. The molecular formula is C24H19BrN4O5S2. The molecule has 0 fully saturated rings. The number of carbonyl (C=O) groups excluding carboxylic acids is 2. The van der Waals surface area contributed by atoms with Crippen LogP contribution in [0.1, 0.15) is 42.2 Å². The molecule has 0 bridgehead atoms. The van der Waals surface area contributed by atoms with E-state index in [2.05, 4.69) is 31.4 Å². The van der Waals surface area contributed by atoms with Crippen LogP contribution in [-0.2, 0) is 0 Å². The fourth-order valence-corrected chi connectivity index (χ4v) is 4.76. The van der Waals surface area contributed by atoms with Gasteiger partial charge in [-0.15, -0.1) is 22.7 Å². The van der Waals surface area contributed by atoms with Crippen LogP contribution in [0.5, 0.6) is 5.75 Å². The van der Waals surface area contributed by atoms with E-state index in [1.165, 1.54) is 29.7 Å². The van der Waals surface area contributed by atoms with Crippen molar-refractivity contribution < 1.29 is 24.6 Å². The van der Waals surface area contributed by atoms with E-state index < -0.39 is 17.8 Å². The van der Waals surface area contributed by atoms with Gasteiger partial charge in [-0.1, -0.05) is 28.1 Å². The monoisotopic (exact) mass is 586 g/mol. The number of nitrogens with one attached hydrogen (secondary N) is 1. The minimum absolute atomic E-state index is 0.0791. The van der Waals surface area contributed by atoms with Crippen LogP contribution in [-0.4, -0.2) is 38.7 Å². The molecule has 9 nitrogen and oxygen atoms in total. The minimum Gasteiger partial charge on any atom is -0.506 e. The number of carbonyl (C=O) groups is 3. The van der Waals surface area contributed by atoms with E-state index >= 15 is 0 Å². The van der Waals surface area contributed by atoms with E-state index in [4.69, 9.17) is 10.8 Å². The smallest absolute Gasteiger partial charge is 0.345 e. The third-order valence-corrected chi connectivity index (χ3v) is 7.19. The van der Waals surface area contributed by atoms with Gasteiger partial charge >= 0.3 is 5.97 Å². The Hall–Kier alpha value is -3.87. The Morgan fingerprint density at radius 2 is 1.78 bits per heavy atom. The van der Waals surface area contributed by atoms with Gasteiger partial charge in [-0.3, -0.25) is 14.6 Å². The van der Waals surface area contributed by atoms with Crippen molar-refractivity contribution >= 4 is 62.1 Å². The van der Waals surface area contributed by atoms with Gasteiger partial charge in [-0.25, -0.2) is 10.2 Å². The Morgan fingerprint density at radius 3 is 2.33 bits per heavy atom. The van der Waals surface area contributed by atoms with Crippen molar-refractivity contribution in [3.63, 3.8) is 0 Å². The minimum atomic E-state index is -1.08. The Balaban J connectivity index is 0.000000338. The highest BCUT2D eigenvalue weighted by atomic mass is 79.9. The molecule has 3 heterocycles. The second-order valence-corrected chi connectivity index (χ2v) is 9.93. The van der Waals surface area contributed by atoms with Crippen molar-refractivity contribution in [2.75, 3.05) is 0 Å². The first kappa shape index (κ1) is 26.7. The van der Waals surface area contributed by atoms with Gasteiger partial charge in [0.05, 0.1) is 26.6 Å². The number of thiophene rings is 2. The first-order valence-corrected chi connectivity index (χ1v) is 12.6. The Labute approximate surface area is 222 Å². The summed E-state index contributed by atoms with van der Waals surface area (Å²) >= 11 is 5.63. The molecule has 184 valence electrons. The summed E-state index contributed by atoms with van der Waals surface area (Å²) in [6.45, 7) is 1.67. The van der Waals surface area contributed by atoms with Crippen LogP contribution < -0.4 is 11.2 Å². The number of rotatable bonds is 6. The highest BCUT2D eigenvalue weighted by molar-refractivity contribution is 9.10. The zero-order chi connectivity index (χ0) is 26.2. The lowest BCUT2D eigenvalue weighted by molar-refractivity contribution is 0.0701. The van der Waals surface area contributed by atoms with Gasteiger partial charge in [0, 0.05) is 22.2 Å². The standard InChI is InChI=1S/C18H13BrN2O4S2.C6H6N2O/c1-9(20-21-17(23)13-6-7-14(27-13)18(24)25)12-8-26-16(15(12)22)10-2-4-11(19)5-3-10;7-6(9)5-2-1-3-8-4-5/h2-8,22H,1H3,(H,21,23)(H,24,25);1-4H,(H2,7,9). The second kappa shape index (κ2) is 12.2. The van der Waals surface area contributed by atoms with Gasteiger partial charge in [0.15, 0.2) is 0 Å². The molecule has 0 aliphatic rings. The van der Waals surface area contributed by atoms with Crippen LogP contribution in [0.4, 0.5) is 0 Å². The van der Waals surface area contributed by atoms with Crippen LogP contribution in [0.25, 0.3) is 10.4 Å². The number of nitrogens with two attached hydrogens (primary N) is 1. The number of carboxylic acid groups (broad SMARTS) is 1. The van der Waals surface area contributed by atoms with Crippen molar-refractivity contribution in [2.45, 2.75) is 6.92 Å². The summed E-state index contributed by atoms with van der Waals surface area (Å²) in [5.74, 6) is -1.93. The maximum atomic E-state index is 12.1. The van der Waals surface area contributed by atoms with E-state index in [-0.39, 0.29) is 15.5 Å². The number of hydrazone groups is 1. The van der Waals surface area contributed by atoms with Gasteiger partial charge in [0.2, 0.25) is 5.91 Å². The van der Waals surface area contributed by atoms with E-state index in [9.17, 15) is 19.5 Å². The number of amides is 2. The van der Waals surface area contributed by atoms with Crippen molar-refractivity contribution in [3.8, 4) is 16.2 Å². The molecule has 1 aromatic carbocycles. The quantitative estimate of drug-likeness (QED) is 0.184. The molecule has 0 saturated carbocycles. The summed E-state index contributed by atoms with van der Waals surface area (Å²) in [6, 6.07) is 13.7. The normalized spacial score (nSPS) is 10.8. The number of nitrogens with zero attached hydrogens (tertiary/aromatic N) is 2. The molecule has 0 radical (unpaired) electrons. The van der Waals surface area contributed by atoms with Crippen molar-refractivity contribution in [1.29, 1.82) is 0 Å². The molecule has 3 aromatic heterocycles. The highest BCUT2D eigenvalue weighted by Gasteiger charge is 2.16. The fourth-order valence-electron chi connectivity index (χ4n) is 2.75. The molecular weight excluding hydrogens is 568 g/mol. The van der Waals surface area contributed by atoms with Gasteiger partial charge in [-0.05, 0) is 48.9 Å². The highest BCUT2D eigenvalue weighted by Crippen LogP contribution is 2.39. The Morgan fingerprint density at radius 1 is 1.08 bits per heavy atom. The predicted molar refractivity (Wildman–Crippen MR) is 143 cm³/mol. The molecule has 5 N–H and O–H groups in total. The molecule has 0 spiro atoms. The van der Waals surface area contributed by atoms with Crippen LogP contribution in [0, 0.1) is 0 Å². The number of primary amides is 1. The summed E-state index contributed by atoms with van der Waals surface area (Å²) in [4.78, 5) is 38.1. The topological polar surface area (TPSA) is 155 Å². The number of aromatic hydroxyl groups is 1. The number of hydrogen-bond acceptors (Lipinski definition) is 8. The van der Waals surface area contributed by atoms with Crippen LogP contribution in [0.15, 0.2) is 75.9 Å². The average Bonchev–Trinajstić information content (AvgIpc) is 3.51. The summed E-state index contributed by atoms with van der Waals surface area (Å²) in [5, 5.41) is 25.2. The molecule has 4 aromatic rings. The number of aromatic carboxylic acids is 1. The first-order chi connectivity index (χ1) is 17.2. The maximum Gasteiger partial charge on any atom is 0.345 e. The largest absolute Gasteiger partial charge is 0.506 e. The van der Waals surface area contributed by atoms with Crippen LogP contribution in [0.3, 0.4) is 0 Å². The molecule has 36 heavy (non-hydrogen) atoms. The summed E-state index contributed by atoms with van der Waals surface area (Å²) in [6.07, 6.45) is 3.02. The lowest BCUT2D eigenvalue weighted by atomic mass is 10.1. The number of halogens is 1. The predicted octanol–water partition coefficient (Wildman–Crippen LogP) is 4.98. The van der Waals surface area contributed by atoms with Gasteiger partial charge in [-0.2, -0.15) is 5.10 Å². The number of carboxylic acids is 1. The van der Waals surface area contributed by atoms with E-state index in [0.717, 1.165) is 21.4 Å². The Kier molecular flexibility index (Phi) is 9.06. The maximum absolute atomic E-state index is 12.1. The summed E-state index contributed by atoms with van der Waals surface area (Å²) in [5.41, 5.74) is 9.61. The molecule has 4 rings (SSSR count). The second-order valence-electron chi connectivity index (χ2n) is 7.05. The fraction of sp³-hybridized carbons (Fsp3) is 0.0417. The van der Waals surface area contributed by atoms with E-state index in [0.29, 0.717) is 21.7 Å². The van der Waals surface area contributed by atoms with Gasteiger partial charge in [0.25, 0.3) is 5.91 Å². The first-order valence-electron chi connectivity index (χ1n) is 10.1. The number of hydrogen-bond donors (Lipinski definition) is 4.